The minimum Gasteiger partial charge on any atom is -0.344 e. The van der Waals surface area contributed by atoms with E-state index in [0.29, 0.717) is 0 Å². The summed E-state index contributed by atoms with van der Waals surface area (Å²) in [6.45, 7) is 0. The molecule has 0 aliphatic carbocycles. The maximum absolute atomic E-state index is 5.14. The topological polar surface area (TPSA) is 41.7 Å². The van der Waals surface area contributed by atoms with Crippen molar-refractivity contribution in [2.45, 2.75) is 6.17 Å². The number of hydrogen-bond acceptors (Lipinski definition) is 4. The van der Waals surface area contributed by atoms with Crippen LogP contribution in [0.5, 0.6) is 0 Å². The van der Waals surface area contributed by atoms with Crippen LogP contribution in [0.25, 0.3) is 58.8 Å². The SMILES string of the molecule is c1ccc(C2=NC(c3cccc(-n4c5ccccc5c5cc(-c6cccc7c6sc6ccccc67)ccc54)c3)NC(c3ccccc3)=N2)cc1. The smallest absolute Gasteiger partial charge is 0.159 e. The molecule has 1 N–H and O–H groups in total. The lowest BCUT2D eigenvalue weighted by Gasteiger charge is -2.24. The Morgan fingerprint density at radius 3 is 2.08 bits per heavy atom. The number of aromatic nitrogens is 1. The zero-order chi connectivity index (χ0) is 33.0. The standard InChI is InChI=1S/C45H30N4S/c1-3-13-29(14-4-1)43-46-44(30-15-5-2-6-16-30)48-45(47-43)32-17-11-18-33(27-32)49-39-23-9-7-19-35(39)38-28-31(25-26-40(38)49)34-21-12-22-37-36-20-8-10-24-41(36)50-42(34)37/h1-28,45H,(H,46,47,48). The third-order valence-electron chi connectivity index (χ3n) is 9.65. The lowest BCUT2D eigenvalue weighted by molar-refractivity contribution is 0.674. The first kappa shape index (κ1) is 28.7. The molecule has 10 rings (SSSR count). The van der Waals surface area contributed by atoms with Gasteiger partial charge in [-0.3, -0.25) is 0 Å². The number of rotatable bonds is 5. The Bertz CT molecular complexity index is 2790. The highest BCUT2D eigenvalue weighted by Gasteiger charge is 2.22. The normalized spacial score (nSPS) is 14.6. The van der Waals surface area contributed by atoms with Gasteiger partial charge in [0.1, 0.15) is 12.0 Å². The lowest BCUT2D eigenvalue weighted by Crippen LogP contribution is -2.33. The highest BCUT2D eigenvalue weighted by atomic mass is 32.1. The highest BCUT2D eigenvalue weighted by Crippen LogP contribution is 2.42. The van der Waals surface area contributed by atoms with Crippen LogP contribution < -0.4 is 5.32 Å². The van der Waals surface area contributed by atoms with E-state index < -0.39 is 0 Å². The first-order valence-electron chi connectivity index (χ1n) is 16.9. The van der Waals surface area contributed by atoms with Gasteiger partial charge in [-0.15, -0.1) is 11.3 Å². The third-order valence-corrected chi connectivity index (χ3v) is 10.9. The Kier molecular flexibility index (Phi) is 6.71. The van der Waals surface area contributed by atoms with Crippen LogP contribution in [-0.2, 0) is 0 Å². The van der Waals surface area contributed by atoms with E-state index in [1.165, 1.54) is 53.1 Å². The molecule has 0 saturated heterocycles. The summed E-state index contributed by atoms with van der Waals surface area (Å²) >= 11 is 1.88. The van der Waals surface area contributed by atoms with Crippen molar-refractivity contribution in [2.75, 3.05) is 0 Å². The summed E-state index contributed by atoms with van der Waals surface area (Å²) in [6.07, 6.45) is -0.306. The Hall–Kier alpha value is -6.30. The molecule has 0 bridgehead atoms. The molecule has 9 aromatic rings. The molecule has 7 aromatic carbocycles. The van der Waals surface area contributed by atoms with Crippen LogP contribution in [0.3, 0.4) is 0 Å². The summed E-state index contributed by atoms with van der Waals surface area (Å²) in [5, 5.41) is 8.74. The number of benzene rings is 7. The monoisotopic (exact) mass is 658 g/mol. The molecular formula is C45H30N4S. The van der Waals surface area contributed by atoms with Crippen LogP contribution in [0.4, 0.5) is 0 Å². The van der Waals surface area contributed by atoms with Gasteiger partial charge in [0.15, 0.2) is 5.84 Å². The molecule has 0 spiro atoms. The Morgan fingerprint density at radius 2 is 1.22 bits per heavy atom. The van der Waals surface area contributed by atoms with Crippen LogP contribution in [0.15, 0.2) is 180 Å². The van der Waals surface area contributed by atoms with Gasteiger partial charge < -0.3 is 9.88 Å². The first-order valence-corrected chi connectivity index (χ1v) is 17.7. The molecule has 0 saturated carbocycles. The van der Waals surface area contributed by atoms with Crippen molar-refractivity contribution in [3.63, 3.8) is 0 Å². The molecule has 5 heteroatoms. The summed E-state index contributed by atoms with van der Waals surface area (Å²) in [7, 11) is 0. The van der Waals surface area contributed by atoms with Gasteiger partial charge in [0.25, 0.3) is 0 Å². The van der Waals surface area contributed by atoms with Gasteiger partial charge in [0, 0.05) is 47.8 Å². The van der Waals surface area contributed by atoms with Crippen molar-refractivity contribution in [3.8, 4) is 16.8 Å². The Morgan fingerprint density at radius 1 is 0.520 bits per heavy atom. The predicted octanol–water partition coefficient (Wildman–Crippen LogP) is 11.3. The van der Waals surface area contributed by atoms with E-state index in [9.17, 15) is 0 Å². The number of fused-ring (bicyclic) bond motifs is 6. The van der Waals surface area contributed by atoms with Gasteiger partial charge >= 0.3 is 0 Å². The molecule has 1 unspecified atom stereocenters. The molecule has 236 valence electrons. The number of para-hydroxylation sites is 1. The van der Waals surface area contributed by atoms with E-state index in [4.69, 9.17) is 9.98 Å². The maximum Gasteiger partial charge on any atom is 0.159 e. The average Bonchev–Trinajstić information content (AvgIpc) is 3.74. The van der Waals surface area contributed by atoms with E-state index >= 15 is 0 Å². The van der Waals surface area contributed by atoms with Crippen molar-refractivity contribution in [1.82, 2.24) is 9.88 Å². The molecule has 4 nitrogen and oxygen atoms in total. The molecule has 3 heterocycles. The Labute approximate surface area is 293 Å². The minimum absolute atomic E-state index is 0.306. The summed E-state index contributed by atoms with van der Waals surface area (Å²) in [6, 6.07) is 60.3. The summed E-state index contributed by atoms with van der Waals surface area (Å²) < 4.78 is 5.04. The number of nitrogens with one attached hydrogen (secondary N) is 1. The summed E-state index contributed by atoms with van der Waals surface area (Å²) in [4.78, 5) is 10.1. The highest BCUT2D eigenvalue weighted by molar-refractivity contribution is 7.26. The van der Waals surface area contributed by atoms with E-state index in [-0.39, 0.29) is 6.17 Å². The van der Waals surface area contributed by atoms with E-state index in [0.717, 1.165) is 34.0 Å². The molecule has 1 aliphatic rings. The van der Waals surface area contributed by atoms with Crippen molar-refractivity contribution in [2.24, 2.45) is 9.98 Å². The van der Waals surface area contributed by atoms with Crippen molar-refractivity contribution < 1.29 is 0 Å². The first-order chi connectivity index (χ1) is 24.8. The molecule has 50 heavy (non-hydrogen) atoms. The number of amidine groups is 2. The van der Waals surface area contributed by atoms with Crippen molar-refractivity contribution in [3.05, 3.63) is 187 Å². The number of hydrogen-bond donors (Lipinski definition) is 1. The molecule has 2 aromatic heterocycles. The predicted molar refractivity (Wildman–Crippen MR) is 211 cm³/mol. The quantitative estimate of drug-likeness (QED) is 0.196. The van der Waals surface area contributed by atoms with Gasteiger partial charge in [-0.1, -0.05) is 133 Å². The zero-order valence-electron chi connectivity index (χ0n) is 27.0. The van der Waals surface area contributed by atoms with Crippen molar-refractivity contribution in [1.29, 1.82) is 0 Å². The number of nitrogens with zero attached hydrogens (tertiary/aromatic N) is 3. The minimum atomic E-state index is -0.306. The fourth-order valence-corrected chi connectivity index (χ4v) is 8.54. The second-order valence-corrected chi connectivity index (χ2v) is 13.7. The average molecular weight is 659 g/mol. The van der Waals surface area contributed by atoms with Crippen molar-refractivity contribution >= 4 is 65.0 Å². The van der Waals surface area contributed by atoms with E-state index in [1.54, 1.807) is 0 Å². The largest absolute Gasteiger partial charge is 0.344 e. The van der Waals surface area contributed by atoms with Crippen LogP contribution in [-0.4, -0.2) is 16.2 Å². The summed E-state index contributed by atoms with van der Waals surface area (Å²) in [5.41, 5.74) is 9.03. The molecule has 0 amide bonds. The van der Waals surface area contributed by atoms with Crippen LogP contribution in [0.1, 0.15) is 22.9 Å². The molecule has 0 fully saturated rings. The molecular weight excluding hydrogens is 629 g/mol. The Balaban J connectivity index is 1.10. The fraction of sp³-hybridized carbons (Fsp3) is 0.0222. The second-order valence-electron chi connectivity index (χ2n) is 12.7. The molecule has 1 atom stereocenters. The van der Waals surface area contributed by atoms with Crippen LogP contribution >= 0.6 is 11.3 Å². The fourth-order valence-electron chi connectivity index (χ4n) is 7.31. The van der Waals surface area contributed by atoms with E-state index in [1.807, 2.05) is 47.7 Å². The second kappa shape index (κ2) is 11.7. The molecule has 1 aliphatic heterocycles. The third kappa shape index (κ3) is 4.74. The lowest BCUT2D eigenvalue weighted by atomic mass is 10.0. The van der Waals surface area contributed by atoms with Gasteiger partial charge in [-0.2, -0.15) is 0 Å². The summed E-state index contributed by atoms with van der Waals surface area (Å²) in [5.74, 6) is 1.53. The van der Waals surface area contributed by atoms with Gasteiger partial charge in [-0.25, -0.2) is 9.98 Å². The van der Waals surface area contributed by atoms with Gasteiger partial charge in [0.05, 0.1) is 11.0 Å². The molecule has 0 radical (unpaired) electrons. The number of aliphatic imine (C=N–C) groups is 2. The zero-order valence-corrected chi connectivity index (χ0v) is 27.8. The van der Waals surface area contributed by atoms with E-state index in [2.05, 4.69) is 143 Å². The van der Waals surface area contributed by atoms with Gasteiger partial charge in [-0.05, 0) is 53.1 Å². The van der Waals surface area contributed by atoms with Crippen LogP contribution in [0.2, 0.25) is 0 Å². The maximum atomic E-state index is 5.14. The van der Waals surface area contributed by atoms with Crippen LogP contribution in [0, 0.1) is 0 Å². The van der Waals surface area contributed by atoms with Gasteiger partial charge in [0.2, 0.25) is 0 Å². The number of thiophene rings is 1.